The Morgan fingerprint density at radius 2 is 1.57 bits per heavy atom. The molecule has 118 valence electrons. The second-order valence-electron chi connectivity index (χ2n) is 4.05. The van der Waals surface area contributed by atoms with Crippen molar-refractivity contribution in [2.75, 3.05) is 32.2 Å². The van der Waals surface area contributed by atoms with E-state index in [1.807, 2.05) is 20.8 Å². The number of hydrogen-bond acceptors (Lipinski definition) is 4. The van der Waals surface area contributed by atoms with Crippen LogP contribution in [-0.4, -0.2) is 38.2 Å². The third-order valence-corrected chi connectivity index (χ3v) is 2.74. The molecular weight excluding hydrogens is 294 g/mol. The molecule has 0 aliphatic heterocycles. The standard InChI is InChI=1S/C15H22ClNO4/c1-4-19-12-9-11(15(18)17-8-7-16)10-13(20-5-2)14(12)21-6-3/h9-10H,4-8H2,1-3H3,(H,17,18). The Balaban J connectivity index is 3.18. The molecule has 1 aromatic rings. The van der Waals surface area contributed by atoms with Gasteiger partial charge < -0.3 is 19.5 Å². The van der Waals surface area contributed by atoms with Gasteiger partial charge in [-0.1, -0.05) is 0 Å². The highest BCUT2D eigenvalue weighted by Crippen LogP contribution is 2.39. The Kier molecular flexibility index (Phi) is 7.75. The van der Waals surface area contributed by atoms with Gasteiger partial charge in [-0.15, -0.1) is 11.6 Å². The molecule has 1 aromatic carbocycles. The lowest BCUT2D eigenvalue weighted by molar-refractivity contribution is 0.0955. The number of nitrogens with one attached hydrogen (secondary N) is 1. The first-order chi connectivity index (χ1) is 10.2. The van der Waals surface area contributed by atoms with Crippen LogP contribution in [0.1, 0.15) is 31.1 Å². The van der Waals surface area contributed by atoms with Crippen LogP contribution in [0.3, 0.4) is 0 Å². The number of hydrogen-bond donors (Lipinski definition) is 1. The van der Waals surface area contributed by atoms with Gasteiger partial charge in [-0.05, 0) is 32.9 Å². The van der Waals surface area contributed by atoms with Gasteiger partial charge in [-0.25, -0.2) is 0 Å². The van der Waals surface area contributed by atoms with Crippen LogP contribution in [0.4, 0.5) is 0 Å². The zero-order chi connectivity index (χ0) is 15.7. The molecule has 0 aliphatic carbocycles. The van der Waals surface area contributed by atoms with Gasteiger partial charge in [0, 0.05) is 18.0 Å². The zero-order valence-electron chi connectivity index (χ0n) is 12.7. The van der Waals surface area contributed by atoms with Gasteiger partial charge in [-0.2, -0.15) is 0 Å². The molecule has 0 heterocycles. The topological polar surface area (TPSA) is 56.8 Å². The van der Waals surface area contributed by atoms with Crippen LogP contribution in [0.2, 0.25) is 0 Å². The van der Waals surface area contributed by atoms with Crippen LogP contribution in [0.25, 0.3) is 0 Å². The Labute approximate surface area is 130 Å². The third-order valence-electron chi connectivity index (χ3n) is 2.55. The molecule has 6 heteroatoms. The first-order valence-corrected chi connectivity index (χ1v) is 7.61. The molecule has 0 atom stereocenters. The van der Waals surface area contributed by atoms with Crippen molar-refractivity contribution in [3.8, 4) is 17.2 Å². The normalized spacial score (nSPS) is 10.1. The average molecular weight is 316 g/mol. The Hall–Kier alpha value is -1.62. The minimum atomic E-state index is -0.222. The molecule has 1 amide bonds. The summed E-state index contributed by atoms with van der Waals surface area (Å²) in [5.41, 5.74) is 0.454. The maximum atomic E-state index is 12.1. The Morgan fingerprint density at radius 1 is 1.05 bits per heavy atom. The van der Waals surface area contributed by atoms with Gasteiger partial charge in [-0.3, -0.25) is 4.79 Å². The molecule has 0 bridgehead atoms. The lowest BCUT2D eigenvalue weighted by atomic mass is 10.1. The fourth-order valence-electron chi connectivity index (χ4n) is 1.78. The van der Waals surface area contributed by atoms with E-state index < -0.39 is 0 Å². The number of rotatable bonds is 9. The Morgan fingerprint density at radius 3 is 2.00 bits per heavy atom. The SMILES string of the molecule is CCOc1cc(C(=O)NCCCl)cc(OCC)c1OCC. The predicted molar refractivity (Wildman–Crippen MR) is 83.0 cm³/mol. The van der Waals surface area contributed by atoms with Gasteiger partial charge in [0.2, 0.25) is 5.75 Å². The summed E-state index contributed by atoms with van der Waals surface area (Å²) in [5.74, 6) is 1.66. The number of benzene rings is 1. The summed E-state index contributed by atoms with van der Waals surface area (Å²) >= 11 is 5.58. The van der Waals surface area contributed by atoms with Crippen molar-refractivity contribution in [3.63, 3.8) is 0 Å². The van der Waals surface area contributed by atoms with Crippen LogP contribution in [-0.2, 0) is 0 Å². The third kappa shape index (κ3) is 5.01. The maximum absolute atomic E-state index is 12.1. The van der Waals surface area contributed by atoms with Crippen molar-refractivity contribution >= 4 is 17.5 Å². The van der Waals surface area contributed by atoms with E-state index in [4.69, 9.17) is 25.8 Å². The van der Waals surface area contributed by atoms with Crippen LogP contribution in [0, 0.1) is 0 Å². The monoisotopic (exact) mass is 315 g/mol. The van der Waals surface area contributed by atoms with Crippen LogP contribution < -0.4 is 19.5 Å². The summed E-state index contributed by atoms with van der Waals surface area (Å²) in [6.45, 7) is 7.45. The van der Waals surface area contributed by atoms with Gasteiger partial charge in [0.05, 0.1) is 19.8 Å². The van der Waals surface area contributed by atoms with Crippen LogP contribution in [0.15, 0.2) is 12.1 Å². The molecule has 0 unspecified atom stereocenters. The fourth-order valence-corrected chi connectivity index (χ4v) is 1.88. The van der Waals surface area contributed by atoms with Gasteiger partial charge in [0.15, 0.2) is 11.5 Å². The quantitative estimate of drug-likeness (QED) is 0.712. The van der Waals surface area contributed by atoms with Crippen molar-refractivity contribution in [2.24, 2.45) is 0 Å². The van der Waals surface area contributed by atoms with Crippen molar-refractivity contribution in [3.05, 3.63) is 17.7 Å². The van der Waals surface area contributed by atoms with Crippen molar-refractivity contribution in [1.82, 2.24) is 5.32 Å². The minimum absolute atomic E-state index is 0.222. The van der Waals surface area contributed by atoms with E-state index in [-0.39, 0.29) is 5.91 Å². The molecule has 0 fully saturated rings. The lowest BCUT2D eigenvalue weighted by Crippen LogP contribution is -2.25. The molecule has 0 spiro atoms. The first kappa shape index (κ1) is 17.4. The second-order valence-corrected chi connectivity index (χ2v) is 4.42. The molecule has 1 rings (SSSR count). The number of carbonyl (C=O) groups is 1. The van der Waals surface area contributed by atoms with E-state index in [9.17, 15) is 4.79 Å². The van der Waals surface area contributed by atoms with E-state index >= 15 is 0 Å². The van der Waals surface area contributed by atoms with Gasteiger partial charge in [0.1, 0.15) is 0 Å². The molecule has 0 aliphatic rings. The highest BCUT2D eigenvalue weighted by atomic mass is 35.5. The zero-order valence-corrected chi connectivity index (χ0v) is 13.5. The van der Waals surface area contributed by atoms with Crippen molar-refractivity contribution < 1.29 is 19.0 Å². The van der Waals surface area contributed by atoms with E-state index in [2.05, 4.69) is 5.32 Å². The summed E-state index contributed by atoms with van der Waals surface area (Å²) < 4.78 is 16.7. The lowest BCUT2D eigenvalue weighted by Gasteiger charge is -2.17. The summed E-state index contributed by atoms with van der Waals surface area (Å²) in [6.07, 6.45) is 0. The van der Waals surface area contributed by atoms with Gasteiger partial charge in [0.25, 0.3) is 5.91 Å². The van der Waals surface area contributed by atoms with Crippen LogP contribution in [0.5, 0.6) is 17.2 Å². The average Bonchev–Trinajstić information content (AvgIpc) is 2.48. The molecule has 0 saturated carbocycles. The molecule has 0 aromatic heterocycles. The molecule has 21 heavy (non-hydrogen) atoms. The first-order valence-electron chi connectivity index (χ1n) is 7.08. The Bertz CT molecular complexity index is 438. The summed E-state index contributed by atoms with van der Waals surface area (Å²) in [5, 5.41) is 2.72. The number of alkyl halides is 1. The van der Waals surface area contributed by atoms with Crippen LogP contribution >= 0.6 is 11.6 Å². The highest BCUT2D eigenvalue weighted by molar-refractivity contribution is 6.18. The summed E-state index contributed by atoms with van der Waals surface area (Å²) in [6, 6.07) is 3.31. The predicted octanol–water partition coefficient (Wildman–Crippen LogP) is 2.85. The van der Waals surface area contributed by atoms with E-state index in [0.717, 1.165) is 0 Å². The number of ether oxygens (including phenoxy) is 3. The molecular formula is C15H22ClNO4. The number of amides is 1. The highest BCUT2D eigenvalue weighted by Gasteiger charge is 2.18. The minimum Gasteiger partial charge on any atom is -0.490 e. The van der Waals surface area contributed by atoms with Crippen molar-refractivity contribution in [1.29, 1.82) is 0 Å². The largest absolute Gasteiger partial charge is 0.490 e. The summed E-state index contributed by atoms with van der Waals surface area (Å²) in [7, 11) is 0. The van der Waals surface area contributed by atoms with E-state index in [1.165, 1.54) is 0 Å². The smallest absolute Gasteiger partial charge is 0.251 e. The molecule has 0 saturated heterocycles. The fraction of sp³-hybridized carbons (Fsp3) is 0.533. The van der Waals surface area contributed by atoms with Gasteiger partial charge >= 0.3 is 0 Å². The van der Waals surface area contributed by atoms with E-state index in [0.29, 0.717) is 55.1 Å². The van der Waals surface area contributed by atoms with E-state index in [1.54, 1.807) is 12.1 Å². The maximum Gasteiger partial charge on any atom is 0.251 e. The molecule has 5 nitrogen and oxygen atoms in total. The summed E-state index contributed by atoms with van der Waals surface area (Å²) in [4.78, 5) is 12.1. The number of halogens is 1. The molecule has 1 N–H and O–H groups in total. The van der Waals surface area contributed by atoms with Crippen molar-refractivity contribution in [2.45, 2.75) is 20.8 Å². The number of carbonyl (C=O) groups excluding carboxylic acids is 1. The second kappa shape index (κ2) is 9.34. The molecule has 0 radical (unpaired) electrons.